The Hall–Kier alpha value is -2.19. The van der Waals surface area contributed by atoms with Crippen molar-refractivity contribution in [3.8, 4) is 5.69 Å². The Bertz CT molecular complexity index is 878. The maximum atomic E-state index is 13.0. The van der Waals surface area contributed by atoms with Gasteiger partial charge in [0.05, 0.1) is 28.1 Å². The Morgan fingerprint density at radius 1 is 1.10 bits per heavy atom. The van der Waals surface area contributed by atoms with Gasteiger partial charge in [-0.15, -0.1) is 0 Å². The van der Waals surface area contributed by atoms with Gasteiger partial charge in [0.2, 0.25) is 5.91 Å². The van der Waals surface area contributed by atoms with Crippen LogP contribution in [0.5, 0.6) is 0 Å². The second-order valence-electron chi connectivity index (χ2n) is 7.32. The van der Waals surface area contributed by atoms with E-state index in [2.05, 4.69) is 31.2 Å². The Morgan fingerprint density at radius 2 is 1.83 bits per heavy atom. The topological polar surface area (TPSA) is 70.5 Å². The molecule has 0 bridgehead atoms. The number of carbonyl (C=O) groups is 2. The van der Waals surface area contributed by atoms with Crippen LogP contribution in [0.15, 0.2) is 28.7 Å². The lowest BCUT2D eigenvalue weighted by molar-refractivity contribution is -0.122. The van der Waals surface area contributed by atoms with Crippen molar-refractivity contribution in [3.63, 3.8) is 0 Å². The quantitative estimate of drug-likeness (QED) is 0.742. The van der Waals surface area contributed by atoms with Crippen molar-refractivity contribution >= 4 is 27.7 Å². The van der Waals surface area contributed by atoms with Gasteiger partial charge in [0.25, 0.3) is 5.91 Å². The number of carbonyl (C=O) groups excluding carboxylic acids is 2. The Labute approximate surface area is 180 Å². The molecule has 1 aliphatic rings. The summed E-state index contributed by atoms with van der Waals surface area (Å²) in [6.07, 6.45) is 0.864. The van der Waals surface area contributed by atoms with Gasteiger partial charge in [-0.2, -0.15) is 5.10 Å². The third kappa shape index (κ3) is 5.05. The number of amides is 2. The van der Waals surface area contributed by atoms with Crippen LogP contribution in [0.2, 0.25) is 0 Å². The molecule has 29 heavy (non-hydrogen) atoms. The summed E-state index contributed by atoms with van der Waals surface area (Å²) in [4.78, 5) is 28.8. The number of benzene rings is 1. The van der Waals surface area contributed by atoms with Crippen molar-refractivity contribution < 1.29 is 9.59 Å². The van der Waals surface area contributed by atoms with Crippen molar-refractivity contribution in [2.45, 2.75) is 27.2 Å². The van der Waals surface area contributed by atoms with Gasteiger partial charge in [0, 0.05) is 38.3 Å². The molecule has 1 aromatic heterocycles. The molecule has 7 nitrogen and oxygen atoms in total. The standard InChI is InChI=1S/C21H28BrN5O2/c1-4-23-19(28)14-25-10-5-11-26(13-12-25)21(29)17-6-8-18(9-7-17)27-16(3)20(22)15(2)24-27/h6-9H,4-5,10-14H2,1-3H3,(H,23,28). The predicted octanol–water partition coefficient (Wildman–Crippen LogP) is 2.54. The predicted molar refractivity (Wildman–Crippen MR) is 116 cm³/mol. The minimum absolute atomic E-state index is 0.0333. The number of aryl methyl sites for hydroxylation is 1. The number of nitrogens with one attached hydrogen (secondary N) is 1. The molecule has 1 N–H and O–H groups in total. The van der Waals surface area contributed by atoms with Gasteiger partial charge >= 0.3 is 0 Å². The maximum absolute atomic E-state index is 13.0. The van der Waals surface area contributed by atoms with E-state index in [9.17, 15) is 9.59 Å². The number of halogens is 1. The van der Waals surface area contributed by atoms with Crippen LogP contribution in [0.3, 0.4) is 0 Å². The van der Waals surface area contributed by atoms with E-state index in [0.717, 1.165) is 34.5 Å². The summed E-state index contributed by atoms with van der Waals surface area (Å²) < 4.78 is 2.87. The lowest BCUT2D eigenvalue weighted by Crippen LogP contribution is -2.40. The van der Waals surface area contributed by atoms with E-state index < -0.39 is 0 Å². The molecule has 1 aliphatic heterocycles. The van der Waals surface area contributed by atoms with Crippen LogP contribution in [0.25, 0.3) is 5.69 Å². The lowest BCUT2D eigenvalue weighted by Gasteiger charge is -2.22. The molecule has 1 aromatic carbocycles. The summed E-state index contributed by atoms with van der Waals surface area (Å²) in [7, 11) is 0. The summed E-state index contributed by atoms with van der Waals surface area (Å²) >= 11 is 3.55. The first-order valence-electron chi connectivity index (χ1n) is 10.0. The number of nitrogens with zero attached hydrogens (tertiary/aromatic N) is 4. The number of likely N-dealkylation sites (N-methyl/N-ethyl adjacent to an activating group) is 1. The molecule has 3 rings (SSSR count). The summed E-state index contributed by atoms with van der Waals surface area (Å²) in [6.45, 7) is 9.78. The second-order valence-corrected chi connectivity index (χ2v) is 8.11. The number of hydrogen-bond donors (Lipinski definition) is 1. The molecule has 1 fully saturated rings. The van der Waals surface area contributed by atoms with Gasteiger partial charge in [-0.05, 0) is 67.4 Å². The van der Waals surface area contributed by atoms with Gasteiger partial charge in [0.15, 0.2) is 0 Å². The molecule has 156 valence electrons. The number of rotatable bonds is 5. The Morgan fingerprint density at radius 3 is 2.45 bits per heavy atom. The van der Waals surface area contributed by atoms with Crippen LogP contribution in [0.1, 0.15) is 35.1 Å². The van der Waals surface area contributed by atoms with Crippen LogP contribution >= 0.6 is 15.9 Å². The fourth-order valence-corrected chi connectivity index (χ4v) is 3.84. The van der Waals surface area contributed by atoms with Crippen molar-refractivity contribution in [3.05, 3.63) is 45.7 Å². The van der Waals surface area contributed by atoms with E-state index in [-0.39, 0.29) is 11.8 Å². The van der Waals surface area contributed by atoms with Gasteiger partial charge in [-0.1, -0.05) is 0 Å². The third-order valence-electron chi connectivity index (χ3n) is 5.18. The first-order valence-corrected chi connectivity index (χ1v) is 10.8. The van der Waals surface area contributed by atoms with Crippen LogP contribution < -0.4 is 5.32 Å². The molecule has 8 heteroatoms. The zero-order valence-electron chi connectivity index (χ0n) is 17.2. The van der Waals surface area contributed by atoms with Gasteiger partial charge < -0.3 is 10.2 Å². The first kappa shape index (κ1) is 21.5. The molecule has 0 unspecified atom stereocenters. The highest BCUT2D eigenvalue weighted by Gasteiger charge is 2.21. The van der Waals surface area contributed by atoms with E-state index in [4.69, 9.17) is 0 Å². The van der Waals surface area contributed by atoms with Gasteiger partial charge in [-0.25, -0.2) is 4.68 Å². The van der Waals surface area contributed by atoms with E-state index in [0.29, 0.717) is 38.3 Å². The lowest BCUT2D eigenvalue weighted by atomic mass is 10.1. The number of aromatic nitrogens is 2. The van der Waals surface area contributed by atoms with Gasteiger partial charge in [-0.3, -0.25) is 14.5 Å². The highest BCUT2D eigenvalue weighted by Crippen LogP contribution is 2.23. The van der Waals surface area contributed by atoms with Crippen molar-refractivity contribution in [1.29, 1.82) is 0 Å². The molecule has 2 heterocycles. The number of hydrogen-bond acceptors (Lipinski definition) is 4. The van der Waals surface area contributed by atoms with E-state index in [1.165, 1.54) is 0 Å². The molecule has 0 spiro atoms. The first-order chi connectivity index (χ1) is 13.9. The highest BCUT2D eigenvalue weighted by molar-refractivity contribution is 9.10. The molecule has 0 atom stereocenters. The maximum Gasteiger partial charge on any atom is 0.253 e. The van der Waals surface area contributed by atoms with Crippen LogP contribution in [-0.2, 0) is 4.79 Å². The molecule has 2 aromatic rings. The summed E-state index contributed by atoms with van der Waals surface area (Å²) in [5, 5.41) is 7.37. The van der Waals surface area contributed by atoms with Crippen LogP contribution in [-0.4, -0.2) is 70.7 Å². The SMILES string of the molecule is CCNC(=O)CN1CCCN(C(=O)c2ccc(-n3nc(C)c(Br)c3C)cc2)CC1. The van der Waals surface area contributed by atoms with Crippen molar-refractivity contribution in [2.24, 2.45) is 0 Å². The molecule has 2 amide bonds. The van der Waals surface area contributed by atoms with E-state index in [1.54, 1.807) is 0 Å². The Kier molecular flexibility index (Phi) is 7.08. The molecule has 0 aliphatic carbocycles. The van der Waals surface area contributed by atoms with Crippen LogP contribution in [0.4, 0.5) is 0 Å². The van der Waals surface area contributed by atoms with Crippen LogP contribution in [0, 0.1) is 13.8 Å². The summed E-state index contributed by atoms with van der Waals surface area (Å²) in [6, 6.07) is 7.58. The van der Waals surface area contributed by atoms with E-state index >= 15 is 0 Å². The highest BCUT2D eigenvalue weighted by atomic mass is 79.9. The molecular weight excluding hydrogens is 434 g/mol. The summed E-state index contributed by atoms with van der Waals surface area (Å²) in [5.41, 5.74) is 3.56. The smallest absolute Gasteiger partial charge is 0.253 e. The normalized spacial score (nSPS) is 15.2. The minimum Gasteiger partial charge on any atom is -0.355 e. The molecule has 1 saturated heterocycles. The zero-order chi connectivity index (χ0) is 21.0. The molecule has 0 saturated carbocycles. The monoisotopic (exact) mass is 461 g/mol. The third-order valence-corrected chi connectivity index (χ3v) is 6.33. The van der Waals surface area contributed by atoms with Crippen molar-refractivity contribution in [1.82, 2.24) is 24.9 Å². The fraction of sp³-hybridized carbons (Fsp3) is 0.476. The average molecular weight is 462 g/mol. The zero-order valence-corrected chi connectivity index (χ0v) is 18.8. The average Bonchev–Trinajstić information content (AvgIpc) is 2.88. The van der Waals surface area contributed by atoms with Gasteiger partial charge in [0.1, 0.15) is 0 Å². The second kappa shape index (κ2) is 9.54. The fourth-order valence-electron chi connectivity index (χ4n) is 3.59. The Balaban J connectivity index is 1.64. The van der Waals surface area contributed by atoms with Crippen molar-refractivity contribution in [2.75, 3.05) is 39.3 Å². The minimum atomic E-state index is 0.0333. The molecular formula is C21H28BrN5O2. The van der Waals surface area contributed by atoms with E-state index in [1.807, 2.05) is 54.6 Å². The summed E-state index contributed by atoms with van der Waals surface area (Å²) in [5.74, 6) is 0.0737. The molecule has 0 radical (unpaired) electrons. The largest absolute Gasteiger partial charge is 0.355 e.